The number of rotatable bonds is 8. The fraction of sp³-hybridized carbons (Fsp3) is 0.0476. The maximum absolute atomic E-state index is 3.73. The number of nitrogens with one attached hydrogen (secondary N) is 1. The fourth-order valence-electron chi connectivity index (χ4n) is 5.97. The van der Waals surface area contributed by atoms with E-state index in [1.54, 1.807) is 11.8 Å². The van der Waals surface area contributed by atoms with Gasteiger partial charge in [-0.15, -0.1) is 11.8 Å². The van der Waals surface area contributed by atoms with Crippen molar-refractivity contribution in [1.82, 2.24) is 0 Å². The third-order valence-corrected chi connectivity index (χ3v) is 9.00. The van der Waals surface area contributed by atoms with Gasteiger partial charge in [0.15, 0.2) is 0 Å². The number of allylic oxidation sites excluding steroid dienone is 1. The molecular weight excluding hydrogens is 551 g/mol. The van der Waals surface area contributed by atoms with Gasteiger partial charge in [-0.05, 0) is 86.5 Å². The lowest BCUT2D eigenvalue weighted by Crippen LogP contribution is -1.95. The Morgan fingerprint density at radius 1 is 0.591 bits per heavy atom. The molecule has 0 atom stereocenters. The molecule has 0 radical (unpaired) electrons. The summed E-state index contributed by atoms with van der Waals surface area (Å²) in [7, 11) is 0. The summed E-state index contributed by atoms with van der Waals surface area (Å²) in [5.41, 5.74) is 9.73. The summed E-state index contributed by atoms with van der Waals surface area (Å²) in [4.78, 5) is 1.24. The Labute approximate surface area is 263 Å². The Morgan fingerprint density at radius 3 is 1.93 bits per heavy atom. The van der Waals surface area contributed by atoms with Gasteiger partial charge in [0.1, 0.15) is 0 Å². The van der Waals surface area contributed by atoms with Gasteiger partial charge in [-0.1, -0.05) is 140 Å². The predicted octanol–water partition coefficient (Wildman–Crippen LogP) is 11.8. The Balaban J connectivity index is 1.25. The summed E-state index contributed by atoms with van der Waals surface area (Å²) in [5.74, 6) is 0. The highest BCUT2D eigenvalue weighted by molar-refractivity contribution is 7.98. The summed E-state index contributed by atoms with van der Waals surface area (Å²) >= 11 is 1.78. The quantitative estimate of drug-likeness (QED) is 0.141. The minimum Gasteiger partial charge on any atom is -0.354 e. The molecule has 1 N–H and O–H groups in total. The van der Waals surface area contributed by atoms with Crippen LogP contribution in [0.1, 0.15) is 16.7 Å². The lowest BCUT2D eigenvalue weighted by atomic mass is 9.93. The summed E-state index contributed by atoms with van der Waals surface area (Å²) in [6, 6.07) is 56.6. The average molecular weight is 584 g/mol. The molecule has 0 fully saturated rings. The number of para-hydroxylation sites is 1. The highest BCUT2D eigenvalue weighted by Gasteiger charge is 2.13. The molecule has 7 aromatic carbocycles. The standard InChI is InChI=1S/C42H33NS/c1-44-40-28-25-34-22-23-36-29-35(24-27-39(36)41(34)42(40)43-37-15-9-4-10-16-37)31-18-20-33(21-19-31)38(32-13-7-3-8-14-32)26-17-30-11-5-2-6-12-30/h2-16,18-29,43H,17H2,1H3/b38-26-. The molecule has 212 valence electrons. The normalized spacial score (nSPS) is 11.6. The van der Waals surface area contributed by atoms with Gasteiger partial charge >= 0.3 is 0 Å². The molecule has 0 aliphatic rings. The lowest BCUT2D eigenvalue weighted by Gasteiger charge is -2.16. The van der Waals surface area contributed by atoms with E-state index in [1.807, 2.05) is 0 Å². The van der Waals surface area contributed by atoms with Crippen molar-refractivity contribution in [3.8, 4) is 11.1 Å². The molecule has 7 aromatic rings. The van der Waals surface area contributed by atoms with Crippen LogP contribution in [0.3, 0.4) is 0 Å². The first kappa shape index (κ1) is 27.8. The molecular formula is C42H33NS. The van der Waals surface area contributed by atoms with Crippen LogP contribution in [0.2, 0.25) is 0 Å². The largest absolute Gasteiger partial charge is 0.354 e. The van der Waals surface area contributed by atoms with Crippen LogP contribution in [-0.4, -0.2) is 6.26 Å². The minimum atomic E-state index is 0.894. The minimum absolute atomic E-state index is 0.894. The van der Waals surface area contributed by atoms with Gasteiger partial charge in [0, 0.05) is 16.0 Å². The van der Waals surface area contributed by atoms with Crippen molar-refractivity contribution in [2.75, 3.05) is 11.6 Å². The number of thioether (sulfide) groups is 1. The zero-order valence-corrected chi connectivity index (χ0v) is 25.5. The molecule has 0 heterocycles. The van der Waals surface area contributed by atoms with Crippen LogP contribution in [0.15, 0.2) is 169 Å². The smallest absolute Gasteiger partial charge is 0.0608 e. The Bertz CT molecular complexity index is 2060. The van der Waals surface area contributed by atoms with E-state index in [0.29, 0.717) is 0 Å². The number of hydrogen-bond acceptors (Lipinski definition) is 2. The monoisotopic (exact) mass is 583 g/mol. The predicted molar refractivity (Wildman–Crippen MR) is 192 cm³/mol. The van der Waals surface area contributed by atoms with E-state index in [1.165, 1.54) is 65.5 Å². The van der Waals surface area contributed by atoms with Crippen molar-refractivity contribution in [3.05, 3.63) is 180 Å². The molecule has 7 rings (SSSR count). The lowest BCUT2D eigenvalue weighted by molar-refractivity contribution is 1.27. The fourth-order valence-corrected chi connectivity index (χ4v) is 6.53. The second-order valence-corrected chi connectivity index (χ2v) is 11.8. The molecule has 0 amide bonds. The molecule has 0 aliphatic heterocycles. The first-order chi connectivity index (χ1) is 21.8. The number of anilines is 2. The molecule has 1 nitrogen and oxygen atoms in total. The van der Waals surface area contributed by atoms with Crippen molar-refractivity contribution in [1.29, 1.82) is 0 Å². The highest BCUT2D eigenvalue weighted by atomic mass is 32.2. The molecule has 0 saturated heterocycles. The molecule has 2 heteroatoms. The van der Waals surface area contributed by atoms with E-state index in [9.17, 15) is 0 Å². The summed E-state index contributed by atoms with van der Waals surface area (Å²) < 4.78 is 0. The second kappa shape index (κ2) is 12.7. The first-order valence-corrected chi connectivity index (χ1v) is 16.3. The SMILES string of the molecule is CSc1ccc2ccc3cc(-c4ccc(/C(=C\Cc5ccccc5)c5ccccc5)cc4)ccc3c2c1Nc1ccccc1. The molecule has 44 heavy (non-hydrogen) atoms. The zero-order valence-electron chi connectivity index (χ0n) is 24.7. The van der Waals surface area contributed by atoms with Crippen molar-refractivity contribution < 1.29 is 0 Å². The average Bonchev–Trinajstić information content (AvgIpc) is 3.10. The highest BCUT2D eigenvalue weighted by Crippen LogP contribution is 2.40. The molecule has 0 spiro atoms. The Hall–Kier alpha value is -5.05. The van der Waals surface area contributed by atoms with Crippen LogP contribution in [0.25, 0.3) is 38.2 Å². The maximum atomic E-state index is 3.73. The summed E-state index contributed by atoms with van der Waals surface area (Å²) in [6.07, 6.45) is 5.39. The maximum Gasteiger partial charge on any atom is 0.0608 e. The Morgan fingerprint density at radius 2 is 1.20 bits per heavy atom. The van der Waals surface area contributed by atoms with E-state index >= 15 is 0 Å². The van der Waals surface area contributed by atoms with Crippen molar-refractivity contribution in [2.24, 2.45) is 0 Å². The van der Waals surface area contributed by atoms with E-state index in [-0.39, 0.29) is 0 Å². The Kier molecular flexibility index (Phi) is 7.99. The number of benzene rings is 7. The van der Waals surface area contributed by atoms with Crippen LogP contribution in [0.5, 0.6) is 0 Å². The van der Waals surface area contributed by atoms with Gasteiger partial charge in [-0.3, -0.25) is 0 Å². The molecule has 0 bridgehead atoms. The van der Waals surface area contributed by atoms with Crippen LogP contribution in [0, 0.1) is 0 Å². The number of fused-ring (bicyclic) bond motifs is 3. The summed E-state index contributed by atoms with van der Waals surface area (Å²) in [6.45, 7) is 0. The van der Waals surface area contributed by atoms with Crippen molar-refractivity contribution in [3.63, 3.8) is 0 Å². The molecule has 0 unspecified atom stereocenters. The molecule has 0 aromatic heterocycles. The van der Waals surface area contributed by atoms with E-state index in [2.05, 4.69) is 175 Å². The van der Waals surface area contributed by atoms with Crippen LogP contribution >= 0.6 is 11.8 Å². The van der Waals surface area contributed by atoms with Gasteiger partial charge in [-0.2, -0.15) is 0 Å². The van der Waals surface area contributed by atoms with Gasteiger partial charge in [0.25, 0.3) is 0 Å². The third-order valence-electron chi connectivity index (χ3n) is 8.22. The van der Waals surface area contributed by atoms with Crippen molar-refractivity contribution in [2.45, 2.75) is 11.3 Å². The van der Waals surface area contributed by atoms with Gasteiger partial charge in [0.2, 0.25) is 0 Å². The number of hydrogen-bond donors (Lipinski definition) is 1. The van der Waals surface area contributed by atoms with Crippen LogP contribution in [-0.2, 0) is 6.42 Å². The molecule has 0 saturated carbocycles. The van der Waals surface area contributed by atoms with Crippen LogP contribution in [0.4, 0.5) is 11.4 Å². The van der Waals surface area contributed by atoms with Gasteiger partial charge in [-0.25, -0.2) is 0 Å². The van der Waals surface area contributed by atoms with Gasteiger partial charge in [0.05, 0.1) is 5.69 Å². The van der Waals surface area contributed by atoms with E-state index in [0.717, 1.165) is 12.1 Å². The topological polar surface area (TPSA) is 12.0 Å². The molecule has 0 aliphatic carbocycles. The van der Waals surface area contributed by atoms with Gasteiger partial charge < -0.3 is 5.32 Å². The first-order valence-electron chi connectivity index (χ1n) is 15.0. The zero-order chi connectivity index (χ0) is 29.7. The third kappa shape index (κ3) is 5.77. The van der Waals surface area contributed by atoms with Crippen molar-refractivity contribution >= 4 is 50.3 Å². The second-order valence-electron chi connectivity index (χ2n) is 11.0. The van der Waals surface area contributed by atoms with E-state index in [4.69, 9.17) is 0 Å². The van der Waals surface area contributed by atoms with E-state index < -0.39 is 0 Å². The summed E-state index contributed by atoms with van der Waals surface area (Å²) in [5, 5.41) is 8.72. The van der Waals surface area contributed by atoms with Crippen LogP contribution < -0.4 is 5.32 Å².